The first-order valence-electron chi connectivity index (χ1n) is 8.64. The van der Waals surface area contributed by atoms with Gasteiger partial charge in [-0.3, -0.25) is 0 Å². The maximum atomic E-state index is 12.5. The van der Waals surface area contributed by atoms with Gasteiger partial charge in [0.2, 0.25) is 5.95 Å². The van der Waals surface area contributed by atoms with Crippen molar-refractivity contribution in [1.82, 2.24) is 9.97 Å². The van der Waals surface area contributed by atoms with Crippen molar-refractivity contribution in [2.45, 2.75) is 18.7 Å². The minimum atomic E-state index is -3.88. The molecule has 0 radical (unpaired) electrons. The maximum Gasteiger partial charge on any atom is 0.337 e. The van der Waals surface area contributed by atoms with E-state index in [9.17, 15) is 13.2 Å². The largest absolute Gasteiger partial charge is 0.478 e. The van der Waals surface area contributed by atoms with Crippen LogP contribution in [0, 0.1) is 13.8 Å². The average Bonchev–Trinajstić information content (AvgIpc) is 2.66. The zero-order chi connectivity index (χ0) is 21.9. The van der Waals surface area contributed by atoms with Crippen LogP contribution in [0.4, 0.5) is 23.0 Å². The number of azo groups is 1. The predicted octanol–water partition coefficient (Wildman–Crippen LogP) is 3.59. The number of aryl methyl sites for hydroxylation is 2. The fraction of sp³-hybridized carbons (Fsp3) is 0.105. The number of aromatic carboxylic acids is 1. The van der Waals surface area contributed by atoms with Crippen LogP contribution in [0.1, 0.15) is 21.7 Å². The Kier molecular flexibility index (Phi) is 5.74. The molecule has 154 valence electrons. The lowest BCUT2D eigenvalue weighted by molar-refractivity contribution is 0.0698. The standard InChI is InChI=1S/C19H18N6O4S/c1-11-9-12(2)22-19(21-11)25-30(28,29)15-6-3-13(4-7-15)23-24-14-5-8-17(20)16(10-14)18(26)27/h3-10H,20H2,1-2H3,(H,26,27)(H,21,22,25). The van der Waals surface area contributed by atoms with Crippen LogP contribution in [0.5, 0.6) is 0 Å². The van der Waals surface area contributed by atoms with Crippen LogP contribution in [-0.4, -0.2) is 29.5 Å². The third kappa shape index (κ3) is 4.94. The van der Waals surface area contributed by atoms with Gasteiger partial charge in [-0.15, -0.1) is 0 Å². The van der Waals surface area contributed by atoms with Crippen molar-refractivity contribution in [3.8, 4) is 0 Å². The molecule has 0 atom stereocenters. The van der Waals surface area contributed by atoms with Gasteiger partial charge < -0.3 is 10.8 Å². The molecule has 11 heteroatoms. The van der Waals surface area contributed by atoms with Crippen molar-refractivity contribution in [1.29, 1.82) is 0 Å². The summed E-state index contributed by atoms with van der Waals surface area (Å²) in [5.74, 6) is -1.17. The molecule has 10 nitrogen and oxygen atoms in total. The monoisotopic (exact) mass is 426 g/mol. The molecule has 4 N–H and O–H groups in total. The summed E-state index contributed by atoms with van der Waals surface area (Å²) in [6, 6.07) is 11.7. The quantitative estimate of drug-likeness (QED) is 0.401. The van der Waals surface area contributed by atoms with Crippen molar-refractivity contribution in [2.24, 2.45) is 10.2 Å². The molecule has 0 amide bonds. The second-order valence-corrected chi connectivity index (χ2v) is 8.03. The first-order chi connectivity index (χ1) is 14.1. The first kappa shape index (κ1) is 20.9. The van der Waals surface area contributed by atoms with Crippen LogP contribution >= 0.6 is 0 Å². The smallest absolute Gasteiger partial charge is 0.337 e. The molecule has 3 aromatic rings. The van der Waals surface area contributed by atoms with E-state index in [1.54, 1.807) is 19.9 Å². The van der Waals surface area contributed by atoms with E-state index in [4.69, 9.17) is 10.8 Å². The zero-order valence-corrected chi connectivity index (χ0v) is 16.9. The predicted molar refractivity (Wildman–Crippen MR) is 111 cm³/mol. The molecule has 2 aromatic carbocycles. The van der Waals surface area contributed by atoms with E-state index >= 15 is 0 Å². The summed E-state index contributed by atoms with van der Waals surface area (Å²) in [5, 5.41) is 17.0. The van der Waals surface area contributed by atoms with Crippen molar-refractivity contribution in [3.05, 3.63) is 65.5 Å². The van der Waals surface area contributed by atoms with Gasteiger partial charge in [0.05, 0.1) is 21.8 Å². The Morgan fingerprint density at radius 3 is 2.13 bits per heavy atom. The van der Waals surface area contributed by atoms with Crippen LogP contribution in [0.3, 0.4) is 0 Å². The summed E-state index contributed by atoms with van der Waals surface area (Å²) in [6.07, 6.45) is 0. The van der Waals surface area contributed by atoms with Gasteiger partial charge >= 0.3 is 5.97 Å². The van der Waals surface area contributed by atoms with E-state index < -0.39 is 16.0 Å². The Hall–Kier alpha value is -3.86. The molecule has 0 aliphatic rings. The summed E-state index contributed by atoms with van der Waals surface area (Å²) in [6.45, 7) is 3.49. The Morgan fingerprint density at radius 2 is 1.53 bits per heavy atom. The van der Waals surface area contributed by atoms with E-state index in [0.29, 0.717) is 22.8 Å². The summed E-state index contributed by atoms with van der Waals surface area (Å²) < 4.78 is 27.4. The number of hydrogen-bond donors (Lipinski definition) is 3. The summed E-state index contributed by atoms with van der Waals surface area (Å²) in [7, 11) is -3.88. The number of nitrogen functional groups attached to an aromatic ring is 1. The Balaban J connectivity index is 1.78. The first-order valence-corrected chi connectivity index (χ1v) is 10.1. The Bertz CT molecular complexity index is 1220. The van der Waals surface area contributed by atoms with Crippen LogP contribution < -0.4 is 10.5 Å². The van der Waals surface area contributed by atoms with Gasteiger partial charge in [-0.05, 0) is 62.4 Å². The lowest BCUT2D eigenvalue weighted by Gasteiger charge is -2.08. The molecule has 0 spiro atoms. The molecule has 3 rings (SSSR count). The third-order valence-electron chi connectivity index (χ3n) is 3.90. The van der Waals surface area contributed by atoms with Gasteiger partial charge in [0.1, 0.15) is 0 Å². The number of hydrogen-bond acceptors (Lipinski definition) is 8. The number of rotatable bonds is 6. The molecule has 0 fully saturated rings. The summed E-state index contributed by atoms with van der Waals surface area (Å²) >= 11 is 0. The fourth-order valence-corrected chi connectivity index (χ4v) is 3.49. The van der Waals surface area contributed by atoms with E-state index in [2.05, 4.69) is 24.9 Å². The van der Waals surface area contributed by atoms with Gasteiger partial charge in [0.15, 0.2) is 0 Å². The van der Waals surface area contributed by atoms with Gasteiger partial charge in [-0.2, -0.15) is 10.2 Å². The van der Waals surface area contributed by atoms with Gasteiger partial charge in [-0.25, -0.2) is 27.9 Å². The van der Waals surface area contributed by atoms with Gasteiger partial charge in [0, 0.05) is 17.1 Å². The number of aromatic nitrogens is 2. The number of sulfonamides is 1. The molecule has 0 bridgehead atoms. The number of benzene rings is 2. The van der Waals surface area contributed by atoms with Crippen LogP contribution in [0.15, 0.2) is 63.7 Å². The molecular formula is C19H18N6O4S. The van der Waals surface area contributed by atoms with E-state index in [1.807, 2.05) is 0 Å². The molecule has 1 heterocycles. The summed E-state index contributed by atoms with van der Waals surface area (Å²) in [4.78, 5) is 19.3. The minimum absolute atomic E-state index is 0.00450. The topological polar surface area (TPSA) is 160 Å². The fourth-order valence-electron chi connectivity index (χ4n) is 2.55. The Labute approximate surface area is 172 Å². The zero-order valence-electron chi connectivity index (χ0n) is 16.1. The number of carboxylic acid groups (broad SMARTS) is 1. The second kappa shape index (κ2) is 8.25. The molecule has 0 unspecified atom stereocenters. The minimum Gasteiger partial charge on any atom is -0.478 e. The maximum absolute atomic E-state index is 12.5. The highest BCUT2D eigenvalue weighted by Gasteiger charge is 2.16. The molecule has 0 saturated heterocycles. The van der Waals surface area contributed by atoms with E-state index in [-0.39, 0.29) is 22.1 Å². The van der Waals surface area contributed by atoms with Crippen LogP contribution in [-0.2, 0) is 10.0 Å². The average molecular weight is 426 g/mol. The van der Waals surface area contributed by atoms with Crippen molar-refractivity contribution in [3.63, 3.8) is 0 Å². The number of nitrogens with zero attached hydrogens (tertiary/aromatic N) is 4. The van der Waals surface area contributed by atoms with Crippen molar-refractivity contribution in [2.75, 3.05) is 10.5 Å². The number of anilines is 2. The van der Waals surface area contributed by atoms with Gasteiger partial charge in [0.25, 0.3) is 10.0 Å². The molecule has 0 saturated carbocycles. The SMILES string of the molecule is Cc1cc(C)nc(NS(=O)(=O)c2ccc(N=Nc3ccc(N)c(C(=O)O)c3)cc2)n1. The normalized spacial score (nSPS) is 11.5. The lowest BCUT2D eigenvalue weighted by atomic mass is 10.1. The number of nitrogens with one attached hydrogen (secondary N) is 1. The number of nitrogens with two attached hydrogens (primary N) is 1. The highest BCUT2D eigenvalue weighted by atomic mass is 32.2. The lowest BCUT2D eigenvalue weighted by Crippen LogP contribution is -2.15. The van der Waals surface area contributed by atoms with Crippen LogP contribution in [0.2, 0.25) is 0 Å². The number of carbonyl (C=O) groups is 1. The van der Waals surface area contributed by atoms with Crippen molar-refractivity contribution < 1.29 is 18.3 Å². The van der Waals surface area contributed by atoms with E-state index in [0.717, 1.165) is 0 Å². The summed E-state index contributed by atoms with van der Waals surface area (Å²) in [5.41, 5.74) is 7.61. The third-order valence-corrected chi connectivity index (χ3v) is 5.25. The molecular weight excluding hydrogens is 408 g/mol. The molecule has 30 heavy (non-hydrogen) atoms. The second-order valence-electron chi connectivity index (χ2n) is 6.35. The van der Waals surface area contributed by atoms with Gasteiger partial charge in [-0.1, -0.05) is 0 Å². The molecule has 0 aliphatic heterocycles. The van der Waals surface area contributed by atoms with E-state index in [1.165, 1.54) is 42.5 Å². The number of carboxylic acids is 1. The molecule has 1 aromatic heterocycles. The van der Waals surface area contributed by atoms with Crippen LogP contribution in [0.25, 0.3) is 0 Å². The Morgan fingerprint density at radius 1 is 0.967 bits per heavy atom. The van der Waals surface area contributed by atoms with Crippen molar-refractivity contribution >= 4 is 39.0 Å². The highest BCUT2D eigenvalue weighted by Crippen LogP contribution is 2.24. The highest BCUT2D eigenvalue weighted by molar-refractivity contribution is 7.92. The molecule has 0 aliphatic carbocycles.